The van der Waals surface area contributed by atoms with Crippen LogP contribution in [0.2, 0.25) is 0 Å². The van der Waals surface area contributed by atoms with E-state index in [0.29, 0.717) is 5.25 Å². The minimum absolute atomic E-state index is 0.436. The molecule has 0 fully saturated rings. The van der Waals surface area contributed by atoms with Gasteiger partial charge in [-0.05, 0) is 0 Å². The summed E-state index contributed by atoms with van der Waals surface area (Å²) in [5, 5.41) is 9.77. The first kappa shape index (κ1) is 16.1. The van der Waals surface area contributed by atoms with E-state index in [-0.39, 0.29) is 0 Å². The summed E-state index contributed by atoms with van der Waals surface area (Å²) >= 11 is 9.89. The zero-order chi connectivity index (χ0) is 12.6. The smallest absolute Gasteiger partial charge is 0.207 e. The van der Waals surface area contributed by atoms with Gasteiger partial charge in [-0.15, -0.1) is 0 Å². The van der Waals surface area contributed by atoms with E-state index < -0.39 is 0 Å². The molecule has 90 valence electrons. The standard InChI is InChI=1S/C9H15N3S4/c1-7(2)16-8(11-5-10)14-6-15-9(13)12(3)4/h7H,6H2,1-4H3. The molecule has 0 aliphatic heterocycles. The molecule has 0 aliphatic rings. The number of hydrogen-bond donors (Lipinski definition) is 0. The molecule has 0 aromatic carbocycles. The fourth-order valence-corrected chi connectivity index (χ4v) is 4.21. The SMILES string of the molecule is CC(C)SC(=NC#N)SCSC(=S)N(C)C. The van der Waals surface area contributed by atoms with Crippen molar-refractivity contribution >= 4 is 56.2 Å². The molecule has 0 N–H and O–H groups in total. The van der Waals surface area contributed by atoms with E-state index in [1.54, 1.807) is 35.3 Å². The van der Waals surface area contributed by atoms with Crippen LogP contribution < -0.4 is 0 Å². The van der Waals surface area contributed by atoms with Gasteiger partial charge in [-0.2, -0.15) is 10.3 Å². The van der Waals surface area contributed by atoms with Gasteiger partial charge in [0.25, 0.3) is 0 Å². The van der Waals surface area contributed by atoms with Gasteiger partial charge in [0.05, 0.1) is 5.08 Å². The van der Waals surface area contributed by atoms with Gasteiger partial charge in [-0.25, -0.2) is 0 Å². The van der Waals surface area contributed by atoms with Crippen molar-refractivity contribution in [3.05, 3.63) is 0 Å². The zero-order valence-electron chi connectivity index (χ0n) is 9.76. The average Bonchev–Trinajstić information content (AvgIpc) is 2.16. The quantitative estimate of drug-likeness (QED) is 0.261. The van der Waals surface area contributed by atoms with Gasteiger partial charge in [0.1, 0.15) is 8.70 Å². The second-order valence-electron chi connectivity index (χ2n) is 3.21. The van der Waals surface area contributed by atoms with Crippen LogP contribution in [-0.4, -0.2) is 38.0 Å². The van der Waals surface area contributed by atoms with Crippen molar-refractivity contribution in [2.24, 2.45) is 4.99 Å². The number of rotatable bonds is 3. The van der Waals surface area contributed by atoms with Crippen LogP contribution >= 0.6 is 47.5 Å². The molecule has 0 unspecified atom stereocenters. The lowest BCUT2D eigenvalue weighted by molar-refractivity contribution is 0.648. The van der Waals surface area contributed by atoms with Gasteiger partial charge in [-0.1, -0.05) is 61.4 Å². The Morgan fingerprint density at radius 2 is 2.06 bits per heavy atom. The van der Waals surface area contributed by atoms with Crippen LogP contribution in [-0.2, 0) is 0 Å². The molecule has 0 aromatic rings. The summed E-state index contributed by atoms with van der Waals surface area (Å²) in [4.78, 5) is 5.68. The van der Waals surface area contributed by atoms with Crippen molar-refractivity contribution < 1.29 is 0 Å². The average molecular weight is 294 g/mol. The van der Waals surface area contributed by atoms with Crippen LogP contribution in [0, 0.1) is 11.5 Å². The third-order valence-corrected chi connectivity index (χ3v) is 5.23. The van der Waals surface area contributed by atoms with Crippen LogP contribution in [0.25, 0.3) is 0 Å². The maximum absolute atomic E-state index is 8.54. The Hall–Kier alpha value is 0.1000. The topological polar surface area (TPSA) is 39.4 Å². The predicted molar refractivity (Wildman–Crippen MR) is 82.1 cm³/mol. The Labute approximate surface area is 115 Å². The lowest BCUT2D eigenvalue weighted by atomic mass is 10.6. The largest absolute Gasteiger partial charge is 0.364 e. The summed E-state index contributed by atoms with van der Waals surface area (Å²) in [5.41, 5.74) is 0. The number of nitrogens with zero attached hydrogens (tertiary/aromatic N) is 3. The lowest BCUT2D eigenvalue weighted by Crippen LogP contribution is -2.16. The van der Waals surface area contributed by atoms with Gasteiger partial charge in [0, 0.05) is 19.3 Å². The molecule has 0 rings (SSSR count). The zero-order valence-corrected chi connectivity index (χ0v) is 13.0. The van der Waals surface area contributed by atoms with Gasteiger partial charge in [0.2, 0.25) is 6.19 Å². The molecule has 0 saturated heterocycles. The van der Waals surface area contributed by atoms with Crippen LogP contribution in [0.4, 0.5) is 0 Å². The van der Waals surface area contributed by atoms with Crippen molar-refractivity contribution in [2.45, 2.75) is 19.1 Å². The van der Waals surface area contributed by atoms with Crippen molar-refractivity contribution in [1.29, 1.82) is 5.26 Å². The van der Waals surface area contributed by atoms with E-state index in [1.807, 2.05) is 25.2 Å². The Bertz CT molecular complexity index is 294. The van der Waals surface area contributed by atoms with E-state index in [0.717, 1.165) is 13.8 Å². The number of thioether (sulfide) groups is 3. The highest BCUT2D eigenvalue weighted by Crippen LogP contribution is 2.25. The predicted octanol–water partition coefficient (Wildman–Crippen LogP) is 3.24. The Kier molecular flexibility index (Phi) is 9.22. The number of nitriles is 1. The summed E-state index contributed by atoms with van der Waals surface area (Å²) in [7, 11) is 3.85. The third kappa shape index (κ3) is 8.28. The summed E-state index contributed by atoms with van der Waals surface area (Å²) in [6.07, 6.45) is 1.83. The second-order valence-corrected chi connectivity index (χ2v) is 7.97. The molecule has 7 heteroatoms. The minimum Gasteiger partial charge on any atom is -0.364 e. The number of thiocarbonyl (C=S) groups is 1. The monoisotopic (exact) mass is 293 g/mol. The summed E-state index contributed by atoms with van der Waals surface area (Å²) in [6.45, 7) is 4.16. The minimum atomic E-state index is 0.436. The van der Waals surface area contributed by atoms with Crippen LogP contribution in [0.5, 0.6) is 0 Å². The van der Waals surface area contributed by atoms with Gasteiger partial charge in [-0.3, -0.25) is 0 Å². The molecular formula is C9H15N3S4. The van der Waals surface area contributed by atoms with Crippen LogP contribution in [0.15, 0.2) is 4.99 Å². The van der Waals surface area contributed by atoms with Crippen molar-refractivity contribution in [3.8, 4) is 6.19 Å². The molecule has 0 aromatic heterocycles. The van der Waals surface area contributed by atoms with E-state index in [1.165, 1.54) is 0 Å². The Balaban J connectivity index is 4.01. The highest BCUT2D eigenvalue weighted by molar-refractivity contribution is 8.43. The van der Waals surface area contributed by atoms with Crippen LogP contribution in [0.3, 0.4) is 0 Å². The molecule has 0 aliphatic carbocycles. The normalized spacial score (nSPS) is 11.4. The summed E-state index contributed by atoms with van der Waals surface area (Å²) in [6, 6.07) is 0. The van der Waals surface area contributed by atoms with E-state index >= 15 is 0 Å². The first-order valence-electron chi connectivity index (χ1n) is 4.57. The molecule has 3 nitrogen and oxygen atoms in total. The third-order valence-electron chi connectivity index (χ3n) is 1.21. The van der Waals surface area contributed by atoms with Crippen molar-refractivity contribution in [3.63, 3.8) is 0 Å². The number of hydrogen-bond acceptors (Lipinski definition) is 6. The molecule has 0 saturated carbocycles. The van der Waals surface area contributed by atoms with E-state index in [9.17, 15) is 0 Å². The van der Waals surface area contributed by atoms with Gasteiger partial charge < -0.3 is 4.90 Å². The molecule has 0 spiro atoms. The van der Waals surface area contributed by atoms with Crippen molar-refractivity contribution in [2.75, 3.05) is 19.2 Å². The van der Waals surface area contributed by atoms with Crippen molar-refractivity contribution in [1.82, 2.24) is 4.90 Å². The molecule has 0 amide bonds. The molecule has 0 bridgehead atoms. The summed E-state index contributed by atoms with van der Waals surface area (Å²) < 4.78 is 1.66. The van der Waals surface area contributed by atoms with E-state index in [4.69, 9.17) is 17.5 Å². The fourth-order valence-electron chi connectivity index (χ4n) is 0.594. The first-order valence-corrected chi connectivity index (χ1v) is 7.83. The van der Waals surface area contributed by atoms with Crippen LogP contribution in [0.1, 0.15) is 13.8 Å². The molecule has 0 heterocycles. The van der Waals surface area contributed by atoms with E-state index in [2.05, 4.69) is 18.8 Å². The first-order chi connectivity index (χ1) is 7.47. The van der Waals surface area contributed by atoms with Gasteiger partial charge in [0.15, 0.2) is 0 Å². The fraction of sp³-hybridized carbons (Fsp3) is 0.667. The lowest BCUT2D eigenvalue weighted by Gasteiger charge is -2.12. The molecule has 0 radical (unpaired) electrons. The molecule has 16 heavy (non-hydrogen) atoms. The molecular weight excluding hydrogens is 278 g/mol. The highest BCUT2D eigenvalue weighted by atomic mass is 32.2. The van der Waals surface area contributed by atoms with Gasteiger partial charge >= 0.3 is 0 Å². The maximum Gasteiger partial charge on any atom is 0.207 e. The summed E-state index contributed by atoms with van der Waals surface area (Å²) in [5.74, 6) is 0. The Morgan fingerprint density at radius 1 is 1.44 bits per heavy atom. The Morgan fingerprint density at radius 3 is 2.50 bits per heavy atom. The number of aliphatic imine (C=N–C) groups is 1. The molecule has 0 atom stereocenters. The maximum atomic E-state index is 8.54. The second kappa shape index (κ2) is 9.16. The highest BCUT2D eigenvalue weighted by Gasteiger charge is 2.07.